The molecule has 0 amide bonds. The Morgan fingerprint density at radius 2 is 1.76 bits per heavy atom. The predicted molar refractivity (Wildman–Crippen MR) is 131 cm³/mol. The molecule has 1 aromatic heterocycles. The summed E-state index contributed by atoms with van der Waals surface area (Å²) in [6.45, 7) is 1.29. The highest BCUT2D eigenvalue weighted by Gasteiger charge is 2.03. The van der Waals surface area contributed by atoms with Gasteiger partial charge in [0.1, 0.15) is 0 Å². The molecule has 29 heavy (non-hydrogen) atoms. The largest absolute Gasteiger partial charge is 0.398 e. The minimum Gasteiger partial charge on any atom is -0.398 e. The number of nitrogen functional groups attached to an aromatic ring is 1. The Morgan fingerprint density at radius 3 is 2.31 bits per heavy atom. The summed E-state index contributed by atoms with van der Waals surface area (Å²) in [6.07, 6.45) is 1.39. The van der Waals surface area contributed by atoms with Crippen LogP contribution in [0.4, 0.5) is 5.69 Å². The van der Waals surface area contributed by atoms with Gasteiger partial charge in [0.2, 0.25) is 0 Å². The number of anilines is 1. The van der Waals surface area contributed by atoms with E-state index in [2.05, 4.69) is 60.3 Å². The molecule has 9 heteroatoms. The maximum Gasteiger partial charge on any atom is 0.0961 e. The highest BCUT2D eigenvalue weighted by molar-refractivity contribution is 9.10. The zero-order valence-electron chi connectivity index (χ0n) is 16.2. The van der Waals surface area contributed by atoms with E-state index in [4.69, 9.17) is 15.7 Å². The van der Waals surface area contributed by atoms with Crippen LogP contribution in [0.2, 0.25) is 0 Å². The molecule has 0 bridgehead atoms. The van der Waals surface area contributed by atoms with Crippen molar-refractivity contribution in [3.63, 3.8) is 0 Å². The van der Waals surface area contributed by atoms with Crippen molar-refractivity contribution in [1.29, 1.82) is 5.26 Å². The number of nitrogens with zero attached hydrogens (tertiary/aromatic N) is 2. The third-order valence-corrected chi connectivity index (χ3v) is 5.81. The molecular formula is C20H23Br2N3O2S2. The van der Waals surface area contributed by atoms with Gasteiger partial charge in [0.25, 0.3) is 0 Å². The molecule has 0 saturated carbocycles. The first-order valence-electron chi connectivity index (χ1n) is 8.55. The smallest absolute Gasteiger partial charge is 0.0961 e. The molecule has 0 saturated heterocycles. The van der Waals surface area contributed by atoms with Crippen molar-refractivity contribution < 1.29 is 9.47 Å². The summed E-state index contributed by atoms with van der Waals surface area (Å²) in [7, 11) is 3.29. The number of nitriles is 1. The molecule has 0 radical (unpaired) electrons. The number of ether oxygens (including phenoxy) is 2. The monoisotopic (exact) mass is 559 g/mol. The number of aromatic nitrogens is 1. The summed E-state index contributed by atoms with van der Waals surface area (Å²) in [5.74, 6) is 0. The van der Waals surface area contributed by atoms with Crippen LogP contribution in [0.5, 0.6) is 0 Å². The quantitative estimate of drug-likeness (QED) is 0.223. The summed E-state index contributed by atoms with van der Waals surface area (Å²) < 4.78 is 12.9. The van der Waals surface area contributed by atoms with Crippen LogP contribution in [0.1, 0.15) is 11.4 Å². The van der Waals surface area contributed by atoms with Crippen LogP contribution in [0, 0.1) is 11.3 Å². The number of methoxy groups -OCH3 is 2. The fourth-order valence-electron chi connectivity index (χ4n) is 1.92. The summed E-state index contributed by atoms with van der Waals surface area (Å²) in [6, 6.07) is 13.7. The van der Waals surface area contributed by atoms with E-state index in [-0.39, 0.29) is 0 Å². The van der Waals surface area contributed by atoms with Gasteiger partial charge in [-0.2, -0.15) is 5.26 Å². The van der Waals surface area contributed by atoms with Crippen LogP contribution >= 0.6 is 55.8 Å². The van der Waals surface area contributed by atoms with Gasteiger partial charge in [-0.1, -0.05) is 31.9 Å². The molecule has 0 aliphatic heterocycles. The minimum atomic E-state index is 0.497. The maximum atomic E-state index is 7.87. The number of halogens is 2. The van der Waals surface area contributed by atoms with E-state index in [9.17, 15) is 0 Å². The number of rotatable bonds is 5. The number of hydrogen-bond acceptors (Lipinski definition) is 7. The molecule has 3 aromatic rings. The van der Waals surface area contributed by atoms with Crippen molar-refractivity contribution in [2.24, 2.45) is 0 Å². The Bertz CT molecular complexity index is 930. The SMILES string of the molecule is COCCC#N.COCCc1nc2cc(Br)ccc2s1.Nc1cc(Br)ccc1S. The minimum absolute atomic E-state index is 0.497. The van der Waals surface area contributed by atoms with Crippen molar-refractivity contribution in [1.82, 2.24) is 4.98 Å². The summed E-state index contributed by atoms with van der Waals surface area (Å²) in [4.78, 5) is 5.34. The second kappa shape index (κ2) is 14.8. The summed E-state index contributed by atoms with van der Waals surface area (Å²) in [5, 5.41) is 9.01. The first-order valence-corrected chi connectivity index (χ1v) is 11.4. The molecule has 2 aromatic carbocycles. The van der Waals surface area contributed by atoms with Crippen LogP contribution in [0.15, 0.2) is 50.2 Å². The highest BCUT2D eigenvalue weighted by Crippen LogP contribution is 2.25. The topological polar surface area (TPSA) is 81.2 Å². The molecule has 0 aliphatic carbocycles. The van der Waals surface area contributed by atoms with Gasteiger partial charge in [0.05, 0.1) is 40.9 Å². The molecule has 5 nitrogen and oxygen atoms in total. The van der Waals surface area contributed by atoms with E-state index in [0.29, 0.717) is 18.7 Å². The molecule has 2 N–H and O–H groups in total. The Balaban J connectivity index is 0.000000242. The van der Waals surface area contributed by atoms with Crippen molar-refractivity contribution in [3.8, 4) is 6.07 Å². The number of fused-ring (bicyclic) bond motifs is 1. The van der Waals surface area contributed by atoms with E-state index in [1.807, 2.05) is 36.4 Å². The van der Waals surface area contributed by atoms with Gasteiger partial charge < -0.3 is 15.2 Å². The lowest BCUT2D eigenvalue weighted by Gasteiger charge is -1.96. The lowest BCUT2D eigenvalue weighted by molar-refractivity contribution is 0.202. The fraction of sp³-hybridized carbons (Fsp3) is 0.300. The van der Waals surface area contributed by atoms with Crippen LogP contribution in [-0.2, 0) is 15.9 Å². The number of benzene rings is 2. The van der Waals surface area contributed by atoms with Crippen LogP contribution in [-0.4, -0.2) is 32.4 Å². The Kier molecular flexibility index (Phi) is 13.2. The molecule has 1 heterocycles. The first kappa shape index (κ1) is 25.9. The summed E-state index contributed by atoms with van der Waals surface area (Å²) in [5.41, 5.74) is 7.28. The normalized spacial score (nSPS) is 9.79. The molecule has 0 fully saturated rings. The number of hydrogen-bond donors (Lipinski definition) is 2. The van der Waals surface area contributed by atoms with Crippen molar-refractivity contribution >= 4 is 71.7 Å². The lowest BCUT2D eigenvalue weighted by atomic mass is 10.3. The van der Waals surface area contributed by atoms with Crippen LogP contribution in [0.3, 0.4) is 0 Å². The average Bonchev–Trinajstić information content (AvgIpc) is 3.10. The van der Waals surface area contributed by atoms with Crippen molar-refractivity contribution in [2.75, 3.05) is 33.2 Å². The molecule has 3 rings (SSSR count). The van der Waals surface area contributed by atoms with E-state index in [0.717, 1.165) is 37.4 Å². The van der Waals surface area contributed by atoms with Gasteiger partial charge >= 0.3 is 0 Å². The average molecular weight is 561 g/mol. The molecule has 0 atom stereocenters. The number of nitrogens with two attached hydrogens (primary N) is 1. The fourth-order valence-corrected chi connectivity index (χ4v) is 3.71. The first-order chi connectivity index (χ1) is 13.9. The van der Waals surface area contributed by atoms with Gasteiger partial charge in [-0.15, -0.1) is 24.0 Å². The second-order valence-electron chi connectivity index (χ2n) is 5.57. The van der Waals surface area contributed by atoms with E-state index < -0.39 is 0 Å². The van der Waals surface area contributed by atoms with E-state index >= 15 is 0 Å². The molecular weight excluding hydrogens is 538 g/mol. The summed E-state index contributed by atoms with van der Waals surface area (Å²) >= 11 is 12.5. The van der Waals surface area contributed by atoms with Crippen LogP contribution < -0.4 is 5.73 Å². The molecule has 0 unspecified atom stereocenters. The Morgan fingerprint density at radius 1 is 1.10 bits per heavy atom. The van der Waals surface area contributed by atoms with Crippen molar-refractivity contribution in [2.45, 2.75) is 17.7 Å². The zero-order chi connectivity index (χ0) is 21.6. The molecule has 0 spiro atoms. The maximum absolute atomic E-state index is 7.87. The molecule has 0 aliphatic rings. The number of thiazole rings is 1. The van der Waals surface area contributed by atoms with Gasteiger partial charge in [-0.05, 0) is 36.4 Å². The Hall–Kier alpha value is -1.15. The van der Waals surface area contributed by atoms with Gasteiger partial charge in [0, 0.05) is 40.2 Å². The second-order valence-corrected chi connectivity index (χ2v) is 8.99. The predicted octanol–water partition coefficient (Wildman–Crippen LogP) is 6.11. The van der Waals surface area contributed by atoms with Crippen molar-refractivity contribution in [3.05, 3.63) is 50.4 Å². The Labute approximate surface area is 197 Å². The third kappa shape index (κ3) is 10.4. The standard InChI is InChI=1S/C10H10BrNOS.C6H6BrNS.C4H7NO/c1-13-5-4-10-12-8-6-7(11)2-3-9(8)14-10;7-4-1-2-6(9)5(8)3-4;1-6-4-2-3-5/h2-3,6H,4-5H2,1H3;1-3,9H,8H2;2,4H2,1H3. The van der Waals surface area contributed by atoms with Crippen LogP contribution in [0.25, 0.3) is 10.2 Å². The van der Waals surface area contributed by atoms with Gasteiger partial charge in [-0.3, -0.25) is 0 Å². The van der Waals surface area contributed by atoms with Gasteiger partial charge in [0.15, 0.2) is 0 Å². The van der Waals surface area contributed by atoms with E-state index in [1.54, 1.807) is 25.6 Å². The molecule has 156 valence electrons. The van der Waals surface area contributed by atoms with E-state index in [1.165, 1.54) is 4.70 Å². The third-order valence-electron chi connectivity index (χ3n) is 3.32. The number of thiol groups is 1. The highest BCUT2D eigenvalue weighted by atomic mass is 79.9. The lowest BCUT2D eigenvalue weighted by Crippen LogP contribution is -1.92. The zero-order valence-corrected chi connectivity index (χ0v) is 21.1. The van der Waals surface area contributed by atoms with Gasteiger partial charge in [-0.25, -0.2) is 4.98 Å².